The number of halogens is 2. The largest absolute Gasteiger partial charge is 0.428 e. The summed E-state index contributed by atoms with van der Waals surface area (Å²) >= 11 is 10.7. The van der Waals surface area contributed by atoms with Gasteiger partial charge in [0.25, 0.3) is 0 Å². The number of aromatic nitrogens is 1. The van der Waals surface area contributed by atoms with Crippen molar-refractivity contribution in [1.82, 2.24) is 4.98 Å². The standard InChI is InChI=1S/C9H6Cl2NO2P/c10-15(11,13)14-8-5-1-3-7-4-2-6-12-9(7)8/h1-6H. The molecule has 0 unspecified atom stereocenters. The Morgan fingerprint density at radius 2 is 1.93 bits per heavy atom. The number of fused-ring (bicyclic) bond motifs is 1. The number of pyridine rings is 1. The molecule has 1 heterocycles. The predicted molar refractivity (Wildman–Crippen MR) is 61.7 cm³/mol. The summed E-state index contributed by atoms with van der Waals surface area (Å²) in [6, 6.07) is 8.90. The molecule has 0 amide bonds. The first-order valence-corrected chi connectivity index (χ1v) is 7.52. The molecule has 2 aromatic rings. The lowest BCUT2D eigenvalue weighted by molar-refractivity contribution is 0.515. The monoisotopic (exact) mass is 261 g/mol. The minimum atomic E-state index is -3.59. The maximum Gasteiger partial charge on any atom is 0.428 e. The Morgan fingerprint density at radius 1 is 1.20 bits per heavy atom. The zero-order valence-electron chi connectivity index (χ0n) is 7.43. The van der Waals surface area contributed by atoms with E-state index in [2.05, 4.69) is 4.98 Å². The Bertz CT molecular complexity index is 535. The van der Waals surface area contributed by atoms with E-state index in [1.165, 1.54) is 0 Å². The smallest absolute Gasteiger partial charge is 0.420 e. The molecule has 0 radical (unpaired) electrons. The van der Waals surface area contributed by atoms with Gasteiger partial charge in [0.1, 0.15) is 5.52 Å². The molecule has 0 saturated carbocycles. The first-order valence-electron chi connectivity index (χ1n) is 4.09. The number of hydrogen-bond donors (Lipinski definition) is 0. The van der Waals surface area contributed by atoms with Crippen molar-refractivity contribution >= 4 is 39.5 Å². The molecule has 0 atom stereocenters. The molecule has 0 aliphatic rings. The Morgan fingerprint density at radius 3 is 2.67 bits per heavy atom. The Hall–Kier alpha value is -0.760. The summed E-state index contributed by atoms with van der Waals surface area (Å²) in [7, 11) is 0. The Balaban J connectivity index is 2.56. The van der Waals surface area contributed by atoms with E-state index in [0.717, 1.165) is 5.39 Å². The molecular weight excluding hydrogens is 256 g/mol. The summed E-state index contributed by atoms with van der Waals surface area (Å²) in [5, 5.41) is 0.872. The van der Waals surface area contributed by atoms with Crippen LogP contribution in [0.5, 0.6) is 5.75 Å². The van der Waals surface area contributed by atoms with Gasteiger partial charge < -0.3 is 4.52 Å². The summed E-state index contributed by atoms with van der Waals surface area (Å²) in [4.78, 5) is 4.10. The van der Waals surface area contributed by atoms with Gasteiger partial charge in [-0.1, -0.05) is 18.2 Å². The van der Waals surface area contributed by atoms with Crippen molar-refractivity contribution in [3.05, 3.63) is 36.5 Å². The van der Waals surface area contributed by atoms with Crippen LogP contribution in [0.15, 0.2) is 36.5 Å². The van der Waals surface area contributed by atoms with E-state index in [1.807, 2.05) is 12.1 Å². The molecule has 0 aliphatic carbocycles. The van der Waals surface area contributed by atoms with Crippen LogP contribution in [0.25, 0.3) is 10.9 Å². The van der Waals surface area contributed by atoms with Gasteiger partial charge in [0.05, 0.1) is 0 Å². The first-order chi connectivity index (χ1) is 7.06. The molecule has 1 aromatic carbocycles. The van der Waals surface area contributed by atoms with E-state index < -0.39 is 6.07 Å². The van der Waals surface area contributed by atoms with Crippen LogP contribution >= 0.6 is 28.6 Å². The molecule has 0 spiro atoms. The van der Waals surface area contributed by atoms with E-state index in [1.54, 1.807) is 24.4 Å². The van der Waals surface area contributed by atoms with Gasteiger partial charge in [-0.05, 0) is 12.1 Å². The van der Waals surface area contributed by atoms with E-state index in [9.17, 15) is 4.57 Å². The second-order valence-corrected chi connectivity index (χ2v) is 7.04. The summed E-state index contributed by atoms with van der Waals surface area (Å²) in [5.74, 6) is 0.321. The molecule has 0 aliphatic heterocycles. The third-order valence-electron chi connectivity index (χ3n) is 1.80. The molecular formula is C9H6Cl2NO2P. The van der Waals surface area contributed by atoms with Crippen LogP contribution in [0, 0.1) is 0 Å². The fourth-order valence-corrected chi connectivity index (χ4v) is 2.09. The van der Waals surface area contributed by atoms with Gasteiger partial charge in [-0.25, -0.2) is 4.57 Å². The second kappa shape index (κ2) is 4.01. The number of para-hydroxylation sites is 1. The van der Waals surface area contributed by atoms with Crippen molar-refractivity contribution in [2.24, 2.45) is 0 Å². The first kappa shape index (κ1) is 10.7. The highest BCUT2D eigenvalue weighted by atomic mass is 35.9. The maximum absolute atomic E-state index is 11.1. The van der Waals surface area contributed by atoms with Crippen LogP contribution in [-0.2, 0) is 4.57 Å². The minimum absolute atomic E-state index is 0.321. The third-order valence-corrected chi connectivity index (χ3v) is 2.62. The van der Waals surface area contributed by atoms with Gasteiger partial charge in [0.15, 0.2) is 5.75 Å². The molecule has 0 bridgehead atoms. The Kier molecular flexibility index (Phi) is 2.87. The second-order valence-electron chi connectivity index (χ2n) is 2.84. The molecule has 6 heteroatoms. The predicted octanol–water partition coefficient (Wildman–Crippen LogP) is 4.20. The molecule has 78 valence electrons. The van der Waals surface area contributed by atoms with Crippen molar-refractivity contribution in [1.29, 1.82) is 0 Å². The highest BCUT2D eigenvalue weighted by Gasteiger charge is 2.17. The van der Waals surface area contributed by atoms with E-state index in [0.29, 0.717) is 11.3 Å². The quantitative estimate of drug-likeness (QED) is 0.761. The maximum atomic E-state index is 11.1. The van der Waals surface area contributed by atoms with Crippen molar-refractivity contribution in [3.8, 4) is 5.75 Å². The third kappa shape index (κ3) is 2.63. The average molecular weight is 262 g/mol. The number of rotatable bonds is 2. The SMILES string of the molecule is O=P(Cl)(Cl)Oc1cccc2cccnc12. The van der Waals surface area contributed by atoms with E-state index in [-0.39, 0.29) is 0 Å². The van der Waals surface area contributed by atoms with E-state index in [4.69, 9.17) is 27.0 Å². The topological polar surface area (TPSA) is 39.2 Å². The molecule has 0 saturated heterocycles. The van der Waals surface area contributed by atoms with Crippen LogP contribution in [0.3, 0.4) is 0 Å². The molecule has 3 nitrogen and oxygen atoms in total. The van der Waals surface area contributed by atoms with Gasteiger partial charge in [-0.15, -0.1) is 0 Å². The highest BCUT2D eigenvalue weighted by Crippen LogP contribution is 2.57. The molecule has 1 aromatic heterocycles. The zero-order chi connectivity index (χ0) is 10.9. The fourth-order valence-electron chi connectivity index (χ4n) is 1.26. The van der Waals surface area contributed by atoms with Gasteiger partial charge >= 0.3 is 6.07 Å². The van der Waals surface area contributed by atoms with Crippen molar-refractivity contribution in [2.75, 3.05) is 0 Å². The van der Waals surface area contributed by atoms with Crippen LogP contribution in [0.2, 0.25) is 0 Å². The van der Waals surface area contributed by atoms with Crippen LogP contribution < -0.4 is 4.52 Å². The Labute approximate surface area is 96.0 Å². The summed E-state index contributed by atoms with van der Waals surface area (Å²) in [6.45, 7) is 0. The summed E-state index contributed by atoms with van der Waals surface area (Å²) < 4.78 is 16.0. The molecule has 2 rings (SSSR count). The number of benzene rings is 1. The molecule has 0 N–H and O–H groups in total. The highest BCUT2D eigenvalue weighted by molar-refractivity contribution is 8.05. The average Bonchev–Trinajstić information content (AvgIpc) is 2.16. The van der Waals surface area contributed by atoms with Gasteiger partial charge in [0.2, 0.25) is 0 Å². The lowest BCUT2D eigenvalue weighted by Crippen LogP contribution is -1.85. The van der Waals surface area contributed by atoms with Crippen molar-refractivity contribution < 1.29 is 9.09 Å². The van der Waals surface area contributed by atoms with Crippen LogP contribution in [0.1, 0.15) is 0 Å². The normalized spacial score (nSPS) is 11.6. The van der Waals surface area contributed by atoms with Crippen molar-refractivity contribution in [3.63, 3.8) is 0 Å². The summed E-state index contributed by atoms with van der Waals surface area (Å²) in [5.41, 5.74) is 0.585. The molecule has 0 fully saturated rings. The number of nitrogens with zero attached hydrogens (tertiary/aromatic N) is 1. The van der Waals surface area contributed by atoms with Gasteiger partial charge in [0, 0.05) is 34.1 Å². The lowest BCUT2D eigenvalue weighted by atomic mass is 10.2. The van der Waals surface area contributed by atoms with Gasteiger partial charge in [-0.3, -0.25) is 4.98 Å². The lowest BCUT2D eigenvalue weighted by Gasteiger charge is -2.07. The summed E-state index contributed by atoms with van der Waals surface area (Å²) in [6.07, 6.45) is -1.97. The van der Waals surface area contributed by atoms with Crippen LogP contribution in [0.4, 0.5) is 0 Å². The minimum Gasteiger partial charge on any atom is -0.420 e. The van der Waals surface area contributed by atoms with E-state index >= 15 is 0 Å². The van der Waals surface area contributed by atoms with Crippen LogP contribution in [-0.4, -0.2) is 4.98 Å². The fraction of sp³-hybridized carbons (Fsp3) is 0. The van der Waals surface area contributed by atoms with Gasteiger partial charge in [-0.2, -0.15) is 0 Å². The number of hydrogen-bond acceptors (Lipinski definition) is 3. The molecule has 15 heavy (non-hydrogen) atoms. The van der Waals surface area contributed by atoms with Crippen molar-refractivity contribution in [2.45, 2.75) is 0 Å². The zero-order valence-corrected chi connectivity index (χ0v) is 9.84.